The third kappa shape index (κ3) is 3.48. The first-order valence-electron chi connectivity index (χ1n) is 7.85. The number of fused-ring (bicyclic) bond motifs is 1. The van der Waals surface area contributed by atoms with Crippen LogP contribution in [0.4, 0.5) is 0 Å². The van der Waals surface area contributed by atoms with E-state index in [-0.39, 0.29) is 6.04 Å². The molecule has 2 heteroatoms. The molecule has 1 unspecified atom stereocenters. The van der Waals surface area contributed by atoms with Gasteiger partial charge in [0.15, 0.2) is 0 Å². The zero-order chi connectivity index (χ0) is 14.7. The van der Waals surface area contributed by atoms with E-state index in [1.165, 1.54) is 47.9 Å². The zero-order valence-corrected chi connectivity index (χ0v) is 13.1. The van der Waals surface area contributed by atoms with Gasteiger partial charge in [-0.05, 0) is 66.8 Å². The molecule has 0 bridgehead atoms. The summed E-state index contributed by atoms with van der Waals surface area (Å²) in [6.07, 6.45) is 6.93. The number of benzene rings is 2. The number of aryl methyl sites for hydroxylation is 3. The molecule has 0 aliphatic heterocycles. The Kier molecular flexibility index (Phi) is 4.62. The van der Waals surface area contributed by atoms with Crippen LogP contribution in [0.1, 0.15) is 47.6 Å². The monoisotopic (exact) mass is 299 g/mol. The topological polar surface area (TPSA) is 26.0 Å². The number of hydrogen-bond acceptors (Lipinski definition) is 1. The van der Waals surface area contributed by atoms with E-state index in [9.17, 15) is 0 Å². The van der Waals surface area contributed by atoms with Crippen LogP contribution in [0.15, 0.2) is 42.5 Å². The predicted molar refractivity (Wildman–Crippen MR) is 89.8 cm³/mol. The smallest absolute Gasteiger partial charge is 0.0437 e. The van der Waals surface area contributed by atoms with Crippen molar-refractivity contribution in [3.05, 3.63) is 69.7 Å². The highest BCUT2D eigenvalue weighted by Crippen LogP contribution is 2.26. The fourth-order valence-corrected chi connectivity index (χ4v) is 3.39. The summed E-state index contributed by atoms with van der Waals surface area (Å²) in [6, 6.07) is 14.9. The summed E-state index contributed by atoms with van der Waals surface area (Å²) in [6.45, 7) is 0. The maximum atomic E-state index is 6.38. The van der Waals surface area contributed by atoms with Gasteiger partial charge < -0.3 is 5.73 Å². The van der Waals surface area contributed by atoms with Crippen molar-refractivity contribution in [1.82, 2.24) is 0 Å². The van der Waals surface area contributed by atoms with Gasteiger partial charge in [0.05, 0.1) is 0 Å². The molecule has 1 atom stereocenters. The molecular weight excluding hydrogens is 278 g/mol. The van der Waals surface area contributed by atoms with E-state index >= 15 is 0 Å². The highest BCUT2D eigenvalue weighted by Gasteiger charge is 2.13. The van der Waals surface area contributed by atoms with E-state index in [4.69, 9.17) is 17.3 Å². The molecule has 0 heterocycles. The lowest BCUT2D eigenvalue weighted by Gasteiger charge is -2.19. The Balaban J connectivity index is 1.68. The van der Waals surface area contributed by atoms with Gasteiger partial charge in [-0.15, -0.1) is 0 Å². The Morgan fingerprint density at radius 3 is 2.57 bits per heavy atom. The van der Waals surface area contributed by atoms with E-state index in [2.05, 4.69) is 24.3 Å². The van der Waals surface area contributed by atoms with Crippen molar-refractivity contribution in [1.29, 1.82) is 0 Å². The Morgan fingerprint density at radius 2 is 1.76 bits per heavy atom. The maximum Gasteiger partial charge on any atom is 0.0437 e. The zero-order valence-electron chi connectivity index (χ0n) is 12.3. The number of rotatable bonds is 4. The lowest BCUT2D eigenvalue weighted by Crippen LogP contribution is -2.13. The average molecular weight is 300 g/mol. The third-order valence-corrected chi connectivity index (χ3v) is 4.85. The lowest BCUT2D eigenvalue weighted by molar-refractivity contribution is 0.642. The first-order chi connectivity index (χ1) is 10.2. The van der Waals surface area contributed by atoms with Crippen LogP contribution in [-0.4, -0.2) is 0 Å². The molecule has 3 rings (SSSR count). The quantitative estimate of drug-likeness (QED) is 0.858. The van der Waals surface area contributed by atoms with Crippen molar-refractivity contribution in [3.63, 3.8) is 0 Å². The van der Waals surface area contributed by atoms with Gasteiger partial charge in [0.25, 0.3) is 0 Å². The van der Waals surface area contributed by atoms with Crippen LogP contribution in [0, 0.1) is 0 Å². The summed E-state index contributed by atoms with van der Waals surface area (Å²) in [7, 11) is 0. The first kappa shape index (κ1) is 14.6. The minimum absolute atomic E-state index is 0.0912. The first-order valence-corrected chi connectivity index (χ1v) is 8.22. The van der Waals surface area contributed by atoms with Crippen LogP contribution in [-0.2, 0) is 19.3 Å². The summed E-state index contributed by atoms with van der Waals surface area (Å²) in [4.78, 5) is 0. The number of hydrogen-bond donors (Lipinski definition) is 1. The Bertz CT molecular complexity index is 621. The lowest BCUT2D eigenvalue weighted by atomic mass is 9.88. The summed E-state index contributed by atoms with van der Waals surface area (Å²) in [5.41, 5.74) is 11.9. The van der Waals surface area contributed by atoms with Crippen molar-refractivity contribution in [3.8, 4) is 0 Å². The molecule has 0 spiro atoms. The fourth-order valence-electron chi connectivity index (χ4n) is 3.16. The van der Waals surface area contributed by atoms with Gasteiger partial charge in [0.2, 0.25) is 0 Å². The molecule has 0 amide bonds. The molecule has 21 heavy (non-hydrogen) atoms. The summed E-state index contributed by atoms with van der Waals surface area (Å²) >= 11 is 6.21. The second kappa shape index (κ2) is 6.64. The summed E-state index contributed by atoms with van der Waals surface area (Å²) in [5, 5.41) is 0.843. The molecule has 1 aliphatic rings. The largest absolute Gasteiger partial charge is 0.324 e. The van der Waals surface area contributed by atoms with Crippen LogP contribution in [0.2, 0.25) is 5.02 Å². The summed E-state index contributed by atoms with van der Waals surface area (Å²) in [5.74, 6) is 0. The van der Waals surface area contributed by atoms with Crippen molar-refractivity contribution >= 4 is 11.6 Å². The second-order valence-electron chi connectivity index (χ2n) is 5.97. The molecule has 0 saturated heterocycles. The van der Waals surface area contributed by atoms with Crippen LogP contribution in [0.3, 0.4) is 0 Å². The predicted octanol–water partition coefficient (Wildman–Crippen LogP) is 4.85. The van der Waals surface area contributed by atoms with E-state index in [1.54, 1.807) is 0 Å². The Hall–Kier alpha value is -1.31. The molecule has 0 aromatic heterocycles. The highest BCUT2D eigenvalue weighted by atomic mass is 35.5. The van der Waals surface area contributed by atoms with Crippen LogP contribution in [0.25, 0.3) is 0 Å². The SMILES string of the molecule is NC(CCc1ccccc1Cl)c1ccc2c(c1)CCCC2. The molecule has 0 radical (unpaired) electrons. The molecule has 110 valence electrons. The van der Waals surface area contributed by atoms with Crippen molar-refractivity contribution in [2.24, 2.45) is 5.73 Å². The summed E-state index contributed by atoms with van der Waals surface area (Å²) < 4.78 is 0. The van der Waals surface area contributed by atoms with Crippen molar-refractivity contribution < 1.29 is 0 Å². The van der Waals surface area contributed by atoms with Gasteiger partial charge >= 0.3 is 0 Å². The number of halogens is 1. The third-order valence-electron chi connectivity index (χ3n) is 4.48. The molecule has 0 saturated carbocycles. The van der Waals surface area contributed by atoms with E-state index < -0.39 is 0 Å². The number of nitrogens with two attached hydrogens (primary N) is 1. The molecule has 2 aromatic rings. The maximum absolute atomic E-state index is 6.38. The minimum Gasteiger partial charge on any atom is -0.324 e. The van der Waals surface area contributed by atoms with Gasteiger partial charge in [0, 0.05) is 11.1 Å². The standard InChI is InChI=1S/C19H22ClN/c20-18-8-4-3-6-15(18)11-12-19(21)17-10-9-14-5-1-2-7-16(14)13-17/h3-4,6,8-10,13,19H,1-2,5,7,11-12,21H2. The average Bonchev–Trinajstić information content (AvgIpc) is 2.53. The van der Waals surface area contributed by atoms with Crippen molar-refractivity contribution in [2.75, 3.05) is 0 Å². The van der Waals surface area contributed by atoms with Gasteiger partial charge in [-0.25, -0.2) is 0 Å². The van der Waals surface area contributed by atoms with Gasteiger partial charge in [-0.3, -0.25) is 0 Å². The van der Waals surface area contributed by atoms with E-state index in [1.807, 2.05) is 18.2 Å². The van der Waals surface area contributed by atoms with Gasteiger partial charge in [0.1, 0.15) is 0 Å². The van der Waals surface area contributed by atoms with Crippen molar-refractivity contribution in [2.45, 2.75) is 44.6 Å². The van der Waals surface area contributed by atoms with Crippen LogP contribution in [0.5, 0.6) is 0 Å². The molecular formula is C19H22ClN. The Labute approximate surface area is 132 Å². The second-order valence-corrected chi connectivity index (χ2v) is 6.38. The fraction of sp³-hybridized carbons (Fsp3) is 0.368. The molecule has 1 aliphatic carbocycles. The molecule has 0 fully saturated rings. The highest BCUT2D eigenvalue weighted by molar-refractivity contribution is 6.31. The minimum atomic E-state index is 0.0912. The Morgan fingerprint density at radius 1 is 1.00 bits per heavy atom. The van der Waals surface area contributed by atoms with E-state index in [0.717, 1.165) is 17.9 Å². The normalized spacial score (nSPS) is 15.5. The van der Waals surface area contributed by atoms with Crippen LogP contribution >= 0.6 is 11.6 Å². The van der Waals surface area contributed by atoms with Gasteiger partial charge in [-0.2, -0.15) is 0 Å². The molecule has 2 N–H and O–H groups in total. The van der Waals surface area contributed by atoms with Crippen LogP contribution < -0.4 is 5.73 Å². The van der Waals surface area contributed by atoms with E-state index in [0.29, 0.717) is 0 Å². The van der Waals surface area contributed by atoms with Gasteiger partial charge in [-0.1, -0.05) is 48.0 Å². The molecule has 1 nitrogen and oxygen atoms in total. The molecule has 2 aromatic carbocycles.